The Kier molecular flexibility index (Phi) is 6.54. The first kappa shape index (κ1) is 20.5. The zero-order valence-corrected chi connectivity index (χ0v) is 15.0. The topological polar surface area (TPSA) is 57.5 Å². The van der Waals surface area contributed by atoms with Gasteiger partial charge in [0.1, 0.15) is 11.6 Å². The number of furan rings is 1. The fourth-order valence-corrected chi connectivity index (χ4v) is 3.11. The first-order valence-corrected chi connectivity index (χ1v) is 8.15. The summed E-state index contributed by atoms with van der Waals surface area (Å²) in [6.07, 6.45) is -4.41. The summed E-state index contributed by atoms with van der Waals surface area (Å²) in [7, 11) is 0. The van der Waals surface area contributed by atoms with Gasteiger partial charge in [-0.25, -0.2) is 0 Å². The Bertz CT molecular complexity index is 757. The Hall–Kier alpha value is -1.77. The number of para-hydroxylation sites is 1. The van der Waals surface area contributed by atoms with Crippen LogP contribution in [0.1, 0.15) is 16.1 Å². The highest BCUT2D eigenvalue weighted by molar-refractivity contribution is 5.98. The number of aryl methyl sites for hydroxylation is 1. The molecule has 0 radical (unpaired) electrons. The van der Waals surface area contributed by atoms with Crippen molar-refractivity contribution in [1.82, 2.24) is 15.5 Å². The van der Waals surface area contributed by atoms with E-state index in [-0.39, 0.29) is 18.2 Å². The van der Waals surface area contributed by atoms with Gasteiger partial charge in [0.25, 0.3) is 5.91 Å². The quantitative estimate of drug-likeness (QED) is 0.841. The highest BCUT2D eigenvalue weighted by Gasteiger charge is 2.44. The van der Waals surface area contributed by atoms with Crippen LogP contribution in [-0.4, -0.2) is 55.7 Å². The molecule has 1 unspecified atom stereocenters. The molecule has 1 aliphatic rings. The molecular formula is C17H21ClF3N3O2. The number of halogens is 4. The third-order valence-electron chi connectivity index (χ3n) is 4.48. The first-order chi connectivity index (χ1) is 11.9. The zero-order valence-electron chi connectivity index (χ0n) is 14.2. The number of piperazine rings is 1. The van der Waals surface area contributed by atoms with E-state index in [2.05, 4.69) is 10.6 Å². The number of hydrogen-bond acceptors (Lipinski definition) is 4. The molecular weight excluding hydrogens is 371 g/mol. The van der Waals surface area contributed by atoms with Crippen molar-refractivity contribution in [1.29, 1.82) is 0 Å². The average molecular weight is 392 g/mol. The van der Waals surface area contributed by atoms with Gasteiger partial charge in [0, 0.05) is 43.7 Å². The van der Waals surface area contributed by atoms with Gasteiger partial charge in [-0.1, -0.05) is 18.2 Å². The molecule has 1 aliphatic heterocycles. The lowest BCUT2D eigenvalue weighted by molar-refractivity contribution is -0.183. The Morgan fingerprint density at radius 3 is 2.58 bits per heavy atom. The maximum Gasteiger partial charge on any atom is 0.405 e. The van der Waals surface area contributed by atoms with E-state index < -0.39 is 24.7 Å². The molecule has 2 N–H and O–H groups in total. The lowest BCUT2D eigenvalue weighted by Crippen LogP contribution is -2.57. The third-order valence-corrected chi connectivity index (χ3v) is 4.48. The van der Waals surface area contributed by atoms with Crippen molar-refractivity contribution in [2.75, 3.05) is 32.7 Å². The van der Waals surface area contributed by atoms with Crippen LogP contribution < -0.4 is 10.6 Å². The van der Waals surface area contributed by atoms with Crippen molar-refractivity contribution in [3.8, 4) is 0 Å². The summed E-state index contributed by atoms with van der Waals surface area (Å²) >= 11 is 0. The van der Waals surface area contributed by atoms with E-state index in [1.165, 1.54) is 4.90 Å². The maximum atomic E-state index is 13.4. The Morgan fingerprint density at radius 1 is 1.31 bits per heavy atom. The van der Waals surface area contributed by atoms with Gasteiger partial charge in [-0.05, 0) is 13.0 Å². The molecule has 2 heterocycles. The van der Waals surface area contributed by atoms with Crippen molar-refractivity contribution in [3.05, 3.63) is 35.6 Å². The number of nitrogens with one attached hydrogen (secondary N) is 2. The zero-order chi connectivity index (χ0) is 18.0. The number of carbonyl (C=O) groups is 1. The summed E-state index contributed by atoms with van der Waals surface area (Å²) in [5, 5.41) is 6.19. The van der Waals surface area contributed by atoms with Gasteiger partial charge in [0.05, 0.1) is 0 Å². The van der Waals surface area contributed by atoms with Gasteiger partial charge in [0.15, 0.2) is 5.76 Å². The van der Waals surface area contributed by atoms with E-state index in [9.17, 15) is 18.0 Å². The normalized spacial score (nSPS) is 16.9. The average Bonchev–Trinajstić information content (AvgIpc) is 2.92. The van der Waals surface area contributed by atoms with Crippen molar-refractivity contribution in [2.24, 2.45) is 0 Å². The van der Waals surface area contributed by atoms with Crippen LogP contribution >= 0.6 is 12.4 Å². The molecule has 0 bridgehead atoms. The predicted molar refractivity (Wildman–Crippen MR) is 94.8 cm³/mol. The largest absolute Gasteiger partial charge is 0.451 e. The third kappa shape index (κ3) is 4.31. The summed E-state index contributed by atoms with van der Waals surface area (Å²) in [6.45, 7) is 2.82. The van der Waals surface area contributed by atoms with Crippen molar-refractivity contribution >= 4 is 29.3 Å². The van der Waals surface area contributed by atoms with Gasteiger partial charge >= 0.3 is 6.18 Å². The van der Waals surface area contributed by atoms with E-state index in [1.54, 1.807) is 19.1 Å². The number of nitrogens with zero attached hydrogens (tertiary/aromatic N) is 1. The number of rotatable bonds is 4. The van der Waals surface area contributed by atoms with Gasteiger partial charge in [-0.3, -0.25) is 9.69 Å². The molecule has 3 rings (SSSR count). The highest BCUT2D eigenvalue weighted by Crippen LogP contribution is 2.26. The second-order valence-corrected chi connectivity index (χ2v) is 6.11. The molecule has 1 saturated heterocycles. The molecule has 144 valence electrons. The molecule has 0 saturated carbocycles. The number of amides is 1. The number of hydrogen-bond donors (Lipinski definition) is 2. The Morgan fingerprint density at radius 2 is 1.96 bits per heavy atom. The van der Waals surface area contributed by atoms with Crippen LogP contribution in [0, 0.1) is 6.92 Å². The molecule has 2 aromatic rings. The van der Waals surface area contributed by atoms with Crippen LogP contribution in [0.2, 0.25) is 0 Å². The maximum absolute atomic E-state index is 13.4. The second kappa shape index (κ2) is 8.28. The van der Waals surface area contributed by atoms with Crippen LogP contribution in [0.15, 0.2) is 28.7 Å². The van der Waals surface area contributed by atoms with Crippen LogP contribution in [0.5, 0.6) is 0 Å². The van der Waals surface area contributed by atoms with E-state index in [0.29, 0.717) is 37.3 Å². The van der Waals surface area contributed by atoms with E-state index in [0.717, 1.165) is 5.39 Å². The lowest BCUT2D eigenvalue weighted by Gasteiger charge is -2.35. The molecule has 1 atom stereocenters. The molecule has 1 fully saturated rings. The summed E-state index contributed by atoms with van der Waals surface area (Å²) < 4.78 is 45.6. The fourth-order valence-electron chi connectivity index (χ4n) is 3.11. The predicted octanol–water partition coefficient (Wildman–Crippen LogP) is 2.73. The first-order valence-electron chi connectivity index (χ1n) is 8.15. The summed E-state index contributed by atoms with van der Waals surface area (Å²) in [5.41, 5.74) is 1.17. The summed E-state index contributed by atoms with van der Waals surface area (Å²) in [6, 6.07) is 5.42. The molecule has 1 aromatic carbocycles. The fraction of sp³-hybridized carbons (Fsp3) is 0.471. The van der Waals surface area contributed by atoms with E-state index in [1.807, 2.05) is 12.1 Å². The standard InChI is InChI=1S/C17H20F3N3O2.ClH/c1-11-12-4-2-3-5-13(12)25-15(11)16(24)22-10-14(17(18,19)20)23-8-6-21-7-9-23;/h2-5,14,21H,6-10H2,1H3,(H,22,24);1H. The Balaban J connectivity index is 0.00000243. The second-order valence-electron chi connectivity index (χ2n) is 6.11. The molecule has 26 heavy (non-hydrogen) atoms. The molecule has 1 amide bonds. The number of carbonyl (C=O) groups excluding carboxylic acids is 1. The van der Waals surface area contributed by atoms with Gasteiger partial charge in [0.2, 0.25) is 0 Å². The van der Waals surface area contributed by atoms with Crippen LogP contribution in [0.4, 0.5) is 13.2 Å². The van der Waals surface area contributed by atoms with Crippen molar-refractivity contribution in [2.45, 2.75) is 19.1 Å². The number of alkyl halides is 3. The molecule has 9 heteroatoms. The smallest absolute Gasteiger partial charge is 0.405 e. The summed E-state index contributed by atoms with van der Waals surface area (Å²) in [5.74, 6) is -0.569. The Labute approximate surface area is 155 Å². The van der Waals surface area contributed by atoms with E-state index in [4.69, 9.17) is 4.42 Å². The highest BCUT2D eigenvalue weighted by atomic mass is 35.5. The van der Waals surface area contributed by atoms with Crippen molar-refractivity contribution in [3.63, 3.8) is 0 Å². The lowest BCUT2D eigenvalue weighted by atomic mass is 10.1. The molecule has 0 spiro atoms. The summed E-state index contributed by atoms with van der Waals surface area (Å²) in [4.78, 5) is 13.7. The monoisotopic (exact) mass is 391 g/mol. The number of benzene rings is 1. The molecule has 1 aromatic heterocycles. The van der Waals surface area contributed by atoms with Crippen LogP contribution in [0.3, 0.4) is 0 Å². The van der Waals surface area contributed by atoms with Crippen LogP contribution in [-0.2, 0) is 0 Å². The van der Waals surface area contributed by atoms with Crippen molar-refractivity contribution < 1.29 is 22.4 Å². The van der Waals surface area contributed by atoms with Crippen LogP contribution in [0.25, 0.3) is 11.0 Å². The van der Waals surface area contributed by atoms with Gasteiger partial charge in [-0.2, -0.15) is 13.2 Å². The minimum atomic E-state index is -4.41. The van der Waals surface area contributed by atoms with Gasteiger partial charge < -0.3 is 15.1 Å². The minimum absolute atomic E-state index is 0. The molecule has 5 nitrogen and oxygen atoms in total. The SMILES string of the molecule is Cc1c(C(=O)NCC(N2CCNCC2)C(F)(F)F)oc2ccccc12.Cl. The van der Waals surface area contributed by atoms with E-state index >= 15 is 0 Å². The minimum Gasteiger partial charge on any atom is -0.451 e. The number of fused-ring (bicyclic) bond motifs is 1. The molecule has 0 aliphatic carbocycles. The van der Waals surface area contributed by atoms with Gasteiger partial charge in [-0.15, -0.1) is 12.4 Å².